The van der Waals surface area contributed by atoms with Gasteiger partial charge in [-0.25, -0.2) is 0 Å². The Morgan fingerprint density at radius 1 is 1.45 bits per heavy atom. The van der Waals surface area contributed by atoms with Crippen LogP contribution < -0.4 is 0 Å². The molecule has 0 spiro atoms. The lowest BCUT2D eigenvalue weighted by atomic mass is 9.94. The van der Waals surface area contributed by atoms with Crippen molar-refractivity contribution in [3.05, 3.63) is 0 Å². The molecule has 2 heterocycles. The molecule has 2 bridgehead atoms. The number of nitrogens with zero attached hydrogens (tertiary/aromatic N) is 1. The minimum atomic E-state index is -0.869. The van der Waals surface area contributed by atoms with Crippen LogP contribution in [0.2, 0.25) is 0 Å². The first-order valence-corrected chi connectivity index (χ1v) is 3.73. The predicted octanol–water partition coefficient (Wildman–Crippen LogP) is -1.64. The summed E-state index contributed by atoms with van der Waals surface area (Å²) >= 11 is 0. The van der Waals surface area contributed by atoms with E-state index in [-0.39, 0.29) is 11.8 Å². The van der Waals surface area contributed by atoms with Crippen LogP contribution in [0.5, 0.6) is 0 Å². The number of Topliss-reactive ketones (excluding diaryl/α,β-unsaturated/α-hetero) is 1. The number of ketones is 1. The highest BCUT2D eigenvalue weighted by atomic mass is 16.3. The molecule has 0 radical (unpaired) electrons. The van der Waals surface area contributed by atoms with Crippen LogP contribution in [0.25, 0.3) is 0 Å². The third kappa shape index (κ3) is 0.717. The molecule has 0 aliphatic carbocycles. The van der Waals surface area contributed by atoms with Crippen molar-refractivity contribution in [3.8, 4) is 0 Å². The summed E-state index contributed by atoms with van der Waals surface area (Å²) in [4.78, 5) is 12.9. The van der Waals surface area contributed by atoms with E-state index < -0.39 is 18.2 Å². The number of likely N-dealkylation sites (N-methyl/N-ethyl adjacent to an activating group) is 1. The maximum absolute atomic E-state index is 11.1. The van der Waals surface area contributed by atoms with Crippen molar-refractivity contribution >= 4 is 5.78 Å². The molecule has 0 amide bonds. The van der Waals surface area contributed by atoms with Crippen molar-refractivity contribution in [3.63, 3.8) is 0 Å². The zero-order valence-corrected chi connectivity index (χ0v) is 6.27. The van der Waals surface area contributed by atoms with E-state index in [1.807, 2.05) is 0 Å². The topological polar surface area (TPSA) is 60.8 Å². The highest BCUT2D eigenvalue weighted by Crippen LogP contribution is 2.33. The van der Waals surface area contributed by atoms with Gasteiger partial charge < -0.3 is 10.2 Å². The second kappa shape index (κ2) is 2.03. The number of carbonyl (C=O) groups excluding carboxylic acids is 1. The van der Waals surface area contributed by atoms with Gasteiger partial charge in [-0.15, -0.1) is 0 Å². The zero-order chi connectivity index (χ0) is 8.17. The van der Waals surface area contributed by atoms with Gasteiger partial charge in [0.05, 0.1) is 12.1 Å². The molecule has 62 valence electrons. The highest BCUT2D eigenvalue weighted by Gasteiger charge is 2.55. The third-order valence-electron chi connectivity index (χ3n) is 2.77. The van der Waals surface area contributed by atoms with E-state index in [1.54, 1.807) is 11.9 Å². The average molecular weight is 157 g/mol. The van der Waals surface area contributed by atoms with Crippen LogP contribution in [-0.2, 0) is 4.79 Å². The van der Waals surface area contributed by atoms with Gasteiger partial charge in [-0.2, -0.15) is 0 Å². The SMILES string of the molecule is CN1C2CC(=O)C1C(O)C2O. The molecule has 0 saturated carbocycles. The van der Waals surface area contributed by atoms with Gasteiger partial charge in [0.2, 0.25) is 0 Å². The minimum absolute atomic E-state index is 0.0512. The Hall–Kier alpha value is -0.450. The van der Waals surface area contributed by atoms with Gasteiger partial charge in [0.15, 0.2) is 5.78 Å². The quantitative estimate of drug-likeness (QED) is 0.443. The second-order valence-corrected chi connectivity index (χ2v) is 3.33. The Morgan fingerprint density at radius 3 is 2.45 bits per heavy atom. The zero-order valence-electron chi connectivity index (χ0n) is 6.27. The van der Waals surface area contributed by atoms with Crippen molar-refractivity contribution in [2.24, 2.45) is 0 Å². The summed E-state index contributed by atoms with van der Waals surface area (Å²) in [6.45, 7) is 0. The molecular weight excluding hydrogens is 146 g/mol. The van der Waals surface area contributed by atoms with Gasteiger partial charge in [-0.3, -0.25) is 9.69 Å². The fourth-order valence-corrected chi connectivity index (χ4v) is 2.11. The third-order valence-corrected chi connectivity index (χ3v) is 2.77. The normalized spacial score (nSPS) is 50.6. The molecule has 2 fully saturated rings. The van der Waals surface area contributed by atoms with Crippen LogP contribution in [0.3, 0.4) is 0 Å². The summed E-state index contributed by atoms with van der Waals surface area (Å²) in [5.41, 5.74) is 0. The van der Waals surface area contributed by atoms with E-state index >= 15 is 0 Å². The Labute approximate surface area is 64.4 Å². The molecule has 2 N–H and O–H groups in total. The van der Waals surface area contributed by atoms with Crippen LogP contribution in [-0.4, -0.2) is 52.2 Å². The molecule has 11 heavy (non-hydrogen) atoms. The standard InChI is InChI=1S/C7H11NO3/c1-8-3-2-4(9)5(8)7(11)6(3)10/h3,5-7,10-11H,2H2,1H3. The Bertz CT molecular complexity index is 202. The summed E-state index contributed by atoms with van der Waals surface area (Å²) in [6.07, 6.45) is -1.21. The van der Waals surface area contributed by atoms with Crippen LogP contribution in [0, 0.1) is 0 Å². The number of carbonyl (C=O) groups is 1. The maximum atomic E-state index is 11.1. The fourth-order valence-electron chi connectivity index (χ4n) is 2.11. The first kappa shape index (κ1) is 7.21. The lowest BCUT2D eigenvalue weighted by molar-refractivity contribution is -0.125. The molecule has 2 aliphatic heterocycles. The van der Waals surface area contributed by atoms with E-state index in [4.69, 9.17) is 0 Å². The summed E-state index contributed by atoms with van der Waals surface area (Å²) in [5.74, 6) is 0.0512. The van der Waals surface area contributed by atoms with Crippen LogP contribution in [0.15, 0.2) is 0 Å². The largest absolute Gasteiger partial charge is 0.389 e. The number of rotatable bonds is 0. The number of hydrogen-bond donors (Lipinski definition) is 2. The van der Waals surface area contributed by atoms with Gasteiger partial charge in [0.1, 0.15) is 6.10 Å². The minimum Gasteiger partial charge on any atom is -0.389 e. The van der Waals surface area contributed by atoms with Crippen molar-refractivity contribution in [1.29, 1.82) is 0 Å². The van der Waals surface area contributed by atoms with Gasteiger partial charge >= 0.3 is 0 Å². The highest BCUT2D eigenvalue weighted by molar-refractivity contribution is 5.89. The van der Waals surface area contributed by atoms with E-state index in [1.165, 1.54) is 0 Å². The average Bonchev–Trinajstić information content (AvgIpc) is 2.31. The molecule has 4 atom stereocenters. The summed E-state index contributed by atoms with van der Waals surface area (Å²) < 4.78 is 0. The molecule has 0 aromatic rings. The molecule has 2 aliphatic rings. The van der Waals surface area contributed by atoms with Gasteiger partial charge in [0.25, 0.3) is 0 Å². The lowest BCUT2D eigenvalue weighted by Gasteiger charge is -2.18. The molecule has 0 aromatic heterocycles. The van der Waals surface area contributed by atoms with Crippen molar-refractivity contribution in [2.75, 3.05) is 7.05 Å². The summed E-state index contributed by atoms with van der Waals surface area (Å²) in [5, 5.41) is 18.6. The molecule has 4 nitrogen and oxygen atoms in total. The molecule has 2 saturated heterocycles. The second-order valence-electron chi connectivity index (χ2n) is 3.33. The van der Waals surface area contributed by atoms with Crippen LogP contribution >= 0.6 is 0 Å². The molecule has 0 aromatic carbocycles. The van der Waals surface area contributed by atoms with Crippen LogP contribution in [0.1, 0.15) is 6.42 Å². The lowest BCUT2D eigenvalue weighted by Crippen LogP contribution is -2.41. The van der Waals surface area contributed by atoms with Crippen molar-refractivity contribution in [2.45, 2.75) is 30.7 Å². The van der Waals surface area contributed by atoms with E-state index in [2.05, 4.69) is 0 Å². The number of aliphatic hydroxyl groups excluding tert-OH is 2. The molecule has 4 unspecified atom stereocenters. The van der Waals surface area contributed by atoms with Crippen molar-refractivity contribution < 1.29 is 15.0 Å². The van der Waals surface area contributed by atoms with Crippen molar-refractivity contribution in [1.82, 2.24) is 4.90 Å². The fraction of sp³-hybridized carbons (Fsp3) is 0.857. The molecule has 4 heteroatoms. The first-order chi connectivity index (χ1) is 5.13. The molecule has 2 rings (SSSR count). The number of hydrogen-bond acceptors (Lipinski definition) is 4. The summed E-state index contributed by atoms with van der Waals surface area (Å²) in [7, 11) is 1.76. The van der Waals surface area contributed by atoms with E-state index in [0.717, 1.165) is 0 Å². The smallest absolute Gasteiger partial charge is 0.154 e. The predicted molar refractivity (Wildman–Crippen MR) is 37.0 cm³/mol. The van der Waals surface area contributed by atoms with Gasteiger partial charge in [-0.05, 0) is 7.05 Å². The summed E-state index contributed by atoms with van der Waals surface area (Å²) in [6, 6.07) is -0.600. The van der Waals surface area contributed by atoms with E-state index in [9.17, 15) is 15.0 Å². The Morgan fingerprint density at radius 2 is 2.09 bits per heavy atom. The molecular formula is C7H11NO3. The monoisotopic (exact) mass is 157 g/mol. The van der Waals surface area contributed by atoms with E-state index in [0.29, 0.717) is 6.42 Å². The first-order valence-electron chi connectivity index (χ1n) is 3.73. The Kier molecular flexibility index (Phi) is 1.33. The maximum Gasteiger partial charge on any atom is 0.154 e. The van der Waals surface area contributed by atoms with Crippen LogP contribution in [0.4, 0.5) is 0 Å². The van der Waals surface area contributed by atoms with Gasteiger partial charge in [0, 0.05) is 12.5 Å². The Balaban J connectivity index is 2.30. The number of aliphatic hydroxyl groups is 2. The number of fused-ring (bicyclic) bond motifs is 2. The van der Waals surface area contributed by atoms with Gasteiger partial charge in [-0.1, -0.05) is 0 Å².